The van der Waals surface area contributed by atoms with Crippen molar-refractivity contribution in [2.75, 3.05) is 6.54 Å². The minimum absolute atomic E-state index is 0.0541. The molecule has 1 amide bonds. The molecule has 0 fully saturated rings. The third-order valence-corrected chi connectivity index (χ3v) is 6.84. The molecule has 0 radical (unpaired) electrons. The summed E-state index contributed by atoms with van der Waals surface area (Å²) in [5.41, 5.74) is 1.58. The highest BCUT2D eigenvalue weighted by atomic mass is 79.9. The zero-order valence-corrected chi connectivity index (χ0v) is 19.0. The number of sulfonamides is 1. The maximum Gasteiger partial charge on any atom is 0.243 e. The van der Waals surface area contributed by atoms with Crippen molar-refractivity contribution in [1.29, 1.82) is 0 Å². The van der Waals surface area contributed by atoms with Crippen LogP contribution in [0.15, 0.2) is 82.4 Å². The van der Waals surface area contributed by atoms with Gasteiger partial charge in [0.1, 0.15) is 0 Å². The van der Waals surface area contributed by atoms with Gasteiger partial charge in [0.05, 0.1) is 11.4 Å². The molecule has 1 N–H and O–H groups in total. The number of benzene rings is 2. The van der Waals surface area contributed by atoms with Crippen LogP contribution in [0.5, 0.6) is 0 Å². The number of nitrogens with zero attached hydrogens (tertiary/aromatic N) is 2. The van der Waals surface area contributed by atoms with E-state index in [1.165, 1.54) is 24.3 Å². The topological polar surface area (TPSA) is 79.4 Å². The van der Waals surface area contributed by atoms with E-state index in [0.717, 1.165) is 19.9 Å². The van der Waals surface area contributed by atoms with Gasteiger partial charge in [0.15, 0.2) is 0 Å². The molecule has 9 heteroatoms. The zero-order valence-electron chi connectivity index (χ0n) is 15.8. The summed E-state index contributed by atoms with van der Waals surface area (Å²) < 4.78 is 28.4. The van der Waals surface area contributed by atoms with Crippen molar-refractivity contribution in [3.05, 3.63) is 93.7 Å². The van der Waals surface area contributed by atoms with Crippen LogP contribution in [0, 0.1) is 0 Å². The van der Waals surface area contributed by atoms with Gasteiger partial charge in [0.25, 0.3) is 0 Å². The Morgan fingerprint density at radius 2 is 1.73 bits per heavy atom. The normalized spacial score (nSPS) is 11.4. The van der Waals surface area contributed by atoms with Gasteiger partial charge in [-0.25, -0.2) is 8.42 Å². The third kappa shape index (κ3) is 6.12. The van der Waals surface area contributed by atoms with E-state index in [-0.39, 0.29) is 24.5 Å². The molecular formula is C21H19BrClN3O3S. The van der Waals surface area contributed by atoms with Crippen LogP contribution in [0.2, 0.25) is 5.02 Å². The van der Waals surface area contributed by atoms with Gasteiger partial charge >= 0.3 is 0 Å². The average Bonchev–Trinajstić information content (AvgIpc) is 2.74. The highest BCUT2D eigenvalue weighted by molar-refractivity contribution is 9.10. The van der Waals surface area contributed by atoms with E-state index >= 15 is 0 Å². The molecule has 156 valence electrons. The lowest BCUT2D eigenvalue weighted by Crippen LogP contribution is -2.40. The summed E-state index contributed by atoms with van der Waals surface area (Å²) in [6.45, 7) is -0.000369. The second kappa shape index (κ2) is 10.2. The van der Waals surface area contributed by atoms with E-state index in [1.54, 1.807) is 18.5 Å². The first-order valence-electron chi connectivity index (χ1n) is 9.00. The lowest BCUT2D eigenvalue weighted by atomic mass is 10.2. The second-order valence-electron chi connectivity index (χ2n) is 6.49. The molecule has 3 rings (SSSR count). The summed E-state index contributed by atoms with van der Waals surface area (Å²) in [4.78, 5) is 16.6. The summed E-state index contributed by atoms with van der Waals surface area (Å²) in [5, 5.41) is 3.18. The molecule has 30 heavy (non-hydrogen) atoms. The van der Waals surface area contributed by atoms with E-state index < -0.39 is 15.9 Å². The minimum atomic E-state index is -3.91. The molecule has 0 saturated carbocycles. The third-order valence-electron chi connectivity index (χ3n) is 4.26. The van der Waals surface area contributed by atoms with Gasteiger partial charge in [-0.1, -0.05) is 45.7 Å². The van der Waals surface area contributed by atoms with Gasteiger partial charge in [-0.05, 0) is 53.6 Å². The summed E-state index contributed by atoms with van der Waals surface area (Å²) in [6, 6.07) is 16.7. The number of aromatic nitrogens is 1. The monoisotopic (exact) mass is 507 g/mol. The van der Waals surface area contributed by atoms with E-state index in [2.05, 4.69) is 26.2 Å². The maximum absolute atomic E-state index is 13.2. The van der Waals surface area contributed by atoms with Crippen molar-refractivity contribution in [3.8, 4) is 0 Å². The van der Waals surface area contributed by atoms with Gasteiger partial charge in [-0.3, -0.25) is 9.78 Å². The smallest absolute Gasteiger partial charge is 0.243 e. The molecule has 6 nitrogen and oxygen atoms in total. The highest BCUT2D eigenvalue weighted by Crippen LogP contribution is 2.21. The van der Waals surface area contributed by atoms with Crippen LogP contribution in [-0.2, 0) is 27.9 Å². The fraction of sp³-hybridized carbons (Fsp3) is 0.143. The Kier molecular flexibility index (Phi) is 7.60. The van der Waals surface area contributed by atoms with E-state index in [9.17, 15) is 13.2 Å². The molecule has 2 aromatic carbocycles. The number of amides is 1. The van der Waals surface area contributed by atoms with E-state index in [0.29, 0.717) is 5.02 Å². The number of carbonyl (C=O) groups is 1. The van der Waals surface area contributed by atoms with Gasteiger partial charge in [0.2, 0.25) is 15.9 Å². The molecule has 0 bridgehead atoms. The van der Waals surface area contributed by atoms with Gasteiger partial charge < -0.3 is 5.32 Å². The number of carbonyl (C=O) groups excluding carboxylic acids is 1. The molecule has 0 atom stereocenters. The molecule has 0 spiro atoms. The molecule has 0 aliphatic heterocycles. The highest BCUT2D eigenvalue weighted by Gasteiger charge is 2.27. The van der Waals surface area contributed by atoms with Crippen LogP contribution in [0.25, 0.3) is 0 Å². The predicted octanol–water partition coefficient (Wildman–Crippen LogP) is 4.00. The summed E-state index contributed by atoms with van der Waals surface area (Å²) in [6.07, 6.45) is 3.29. The Morgan fingerprint density at radius 1 is 1.03 bits per heavy atom. The van der Waals surface area contributed by atoms with Crippen LogP contribution >= 0.6 is 27.5 Å². The fourth-order valence-corrected chi connectivity index (χ4v) is 4.47. The molecule has 0 aliphatic carbocycles. The van der Waals surface area contributed by atoms with Crippen LogP contribution in [0.1, 0.15) is 11.1 Å². The maximum atomic E-state index is 13.2. The van der Waals surface area contributed by atoms with E-state index in [1.807, 2.05) is 30.3 Å². The standard InChI is InChI=1S/C21H19BrClN3O3S/c22-18-5-3-16(4-6-18)14-26(30(28,29)20-9-7-19(23)8-10-20)15-21(27)25-13-17-2-1-11-24-12-17/h1-12H,13-15H2,(H,25,27). The molecule has 1 aromatic heterocycles. The van der Waals surface area contributed by atoms with Crippen molar-refractivity contribution in [1.82, 2.24) is 14.6 Å². The number of rotatable bonds is 8. The fourth-order valence-electron chi connectivity index (χ4n) is 2.69. The van der Waals surface area contributed by atoms with Crippen molar-refractivity contribution >= 4 is 43.5 Å². The van der Waals surface area contributed by atoms with Crippen molar-refractivity contribution in [3.63, 3.8) is 0 Å². The first-order valence-corrected chi connectivity index (χ1v) is 11.6. The first kappa shape index (κ1) is 22.4. The quantitative estimate of drug-likeness (QED) is 0.499. The molecule has 0 aliphatic rings. The second-order valence-corrected chi connectivity index (χ2v) is 9.78. The minimum Gasteiger partial charge on any atom is -0.351 e. The number of nitrogens with one attached hydrogen (secondary N) is 1. The van der Waals surface area contributed by atoms with Gasteiger partial charge in [0, 0.05) is 35.0 Å². The summed E-state index contributed by atoms with van der Waals surface area (Å²) in [5.74, 6) is -0.409. The Balaban J connectivity index is 1.80. The van der Waals surface area contributed by atoms with Crippen LogP contribution in [0.4, 0.5) is 0 Å². The molecular weight excluding hydrogens is 490 g/mol. The van der Waals surface area contributed by atoms with Gasteiger partial charge in [-0.2, -0.15) is 4.31 Å². The largest absolute Gasteiger partial charge is 0.351 e. The zero-order chi connectivity index (χ0) is 21.6. The van der Waals surface area contributed by atoms with Crippen molar-refractivity contribution in [2.24, 2.45) is 0 Å². The Morgan fingerprint density at radius 3 is 2.37 bits per heavy atom. The lowest BCUT2D eigenvalue weighted by Gasteiger charge is -2.22. The number of hydrogen-bond donors (Lipinski definition) is 1. The average molecular weight is 509 g/mol. The molecule has 0 saturated heterocycles. The SMILES string of the molecule is O=C(CN(Cc1ccc(Br)cc1)S(=O)(=O)c1ccc(Cl)cc1)NCc1cccnc1. The van der Waals surface area contributed by atoms with Gasteiger partial charge in [-0.15, -0.1) is 0 Å². The Hall–Kier alpha value is -2.26. The molecule has 0 unspecified atom stereocenters. The number of hydrogen-bond acceptors (Lipinski definition) is 4. The first-order chi connectivity index (χ1) is 14.3. The number of pyridine rings is 1. The summed E-state index contributed by atoms with van der Waals surface area (Å²) >= 11 is 9.25. The van der Waals surface area contributed by atoms with Crippen LogP contribution < -0.4 is 5.32 Å². The van der Waals surface area contributed by atoms with Crippen LogP contribution in [-0.4, -0.2) is 30.2 Å². The Labute approximate surface area is 189 Å². The number of halogens is 2. The Bertz CT molecular complexity index is 1090. The van der Waals surface area contributed by atoms with Crippen LogP contribution in [0.3, 0.4) is 0 Å². The lowest BCUT2D eigenvalue weighted by molar-refractivity contribution is -0.121. The van der Waals surface area contributed by atoms with Crippen molar-refractivity contribution in [2.45, 2.75) is 18.0 Å². The van der Waals surface area contributed by atoms with E-state index in [4.69, 9.17) is 11.6 Å². The summed E-state index contributed by atoms with van der Waals surface area (Å²) in [7, 11) is -3.91. The predicted molar refractivity (Wildman–Crippen MR) is 119 cm³/mol. The van der Waals surface area contributed by atoms with Crippen molar-refractivity contribution < 1.29 is 13.2 Å². The molecule has 1 heterocycles. The molecule has 3 aromatic rings.